The van der Waals surface area contributed by atoms with E-state index in [9.17, 15) is 0 Å². The van der Waals surface area contributed by atoms with Crippen molar-refractivity contribution < 1.29 is 4.42 Å². The number of aromatic nitrogens is 1. The summed E-state index contributed by atoms with van der Waals surface area (Å²) >= 11 is 6.69. The molecule has 3 nitrogen and oxygen atoms in total. The minimum absolute atomic E-state index is 0.669. The summed E-state index contributed by atoms with van der Waals surface area (Å²) in [7, 11) is 0. The number of hydrogen-bond donors (Lipinski definition) is 0. The zero-order valence-electron chi connectivity index (χ0n) is 12.2. The van der Waals surface area contributed by atoms with Crippen LogP contribution in [-0.4, -0.2) is 10.8 Å². The van der Waals surface area contributed by atoms with Crippen molar-refractivity contribution in [3.63, 3.8) is 0 Å². The van der Waals surface area contributed by atoms with E-state index >= 15 is 0 Å². The van der Waals surface area contributed by atoms with E-state index in [1.54, 1.807) is 6.21 Å². The Labute approximate surface area is 145 Å². The summed E-state index contributed by atoms with van der Waals surface area (Å²) in [6, 6.07) is 14.2. The molecule has 0 amide bonds. The normalized spacial score (nSPS) is 11.5. The second-order valence-electron chi connectivity index (χ2n) is 5.00. The van der Waals surface area contributed by atoms with Crippen LogP contribution >= 0.6 is 31.9 Å². The summed E-state index contributed by atoms with van der Waals surface area (Å²) < 4.78 is 9.23. The summed E-state index contributed by atoms with van der Waals surface area (Å²) in [5.41, 5.74) is 4.47. The van der Waals surface area contributed by atoms with Crippen molar-refractivity contribution >= 4 is 43.8 Å². The summed E-state index contributed by atoms with van der Waals surface area (Å²) in [5.74, 6) is 0.694. The van der Waals surface area contributed by atoms with Crippen LogP contribution in [-0.2, 0) is 0 Å². The van der Waals surface area contributed by atoms with Crippen molar-refractivity contribution in [3.8, 4) is 5.69 Å². The highest BCUT2D eigenvalue weighted by molar-refractivity contribution is 9.13. The van der Waals surface area contributed by atoms with Gasteiger partial charge in [0.2, 0.25) is 0 Å². The van der Waals surface area contributed by atoms with Gasteiger partial charge in [-0.1, -0.05) is 0 Å². The van der Waals surface area contributed by atoms with Crippen molar-refractivity contribution in [2.75, 3.05) is 0 Å². The number of halogens is 2. The molecule has 0 aliphatic carbocycles. The molecule has 3 rings (SSSR count). The zero-order valence-corrected chi connectivity index (χ0v) is 15.3. The van der Waals surface area contributed by atoms with E-state index in [0.29, 0.717) is 10.4 Å². The van der Waals surface area contributed by atoms with Crippen LogP contribution in [0.25, 0.3) is 5.69 Å². The van der Waals surface area contributed by atoms with E-state index < -0.39 is 0 Å². The Hall–Kier alpha value is -1.59. The first kappa shape index (κ1) is 15.3. The SMILES string of the molecule is Cc1ccc(C)n1-c1ccc(N=Cc2cc(Br)c(Br)o2)cc1. The van der Waals surface area contributed by atoms with Crippen LogP contribution in [0.1, 0.15) is 17.1 Å². The van der Waals surface area contributed by atoms with Gasteiger partial charge in [0, 0.05) is 23.1 Å². The molecule has 0 saturated heterocycles. The molecule has 2 aromatic heterocycles. The molecule has 0 N–H and O–H groups in total. The summed E-state index contributed by atoms with van der Waals surface area (Å²) in [6.07, 6.45) is 1.71. The van der Waals surface area contributed by atoms with Gasteiger partial charge in [0.25, 0.3) is 0 Å². The zero-order chi connectivity index (χ0) is 15.7. The molecule has 1 aromatic carbocycles. The van der Waals surface area contributed by atoms with Crippen molar-refractivity contribution in [1.29, 1.82) is 0 Å². The second kappa shape index (κ2) is 6.26. The summed E-state index contributed by atoms with van der Waals surface area (Å²) in [4.78, 5) is 4.43. The molecule has 2 heterocycles. The molecule has 0 atom stereocenters. The number of hydrogen-bond acceptors (Lipinski definition) is 2. The van der Waals surface area contributed by atoms with Crippen molar-refractivity contribution in [3.05, 3.63) is 68.8 Å². The molecule has 5 heteroatoms. The molecule has 0 aliphatic heterocycles. The number of rotatable bonds is 3. The van der Waals surface area contributed by atoms with Crippen LogP contribution in [0.5, 0.6) is 0 Å². The lowest BCUT2D eigenvalue weighted by atomic mass is 10.2. The van der Waals surface area contributed by atoms with Crippen molar-refractivity contribution in [1.82, 2.24) is 4.57 Å². The fourth-order valence-electron chi connectivity index (χ4n) is 2.33. The fraction of sp³-hybridized carbons (Fsp3) is 0.118. The third-order valence-electron chi connectivity index (χ3n) is 3.38. The van der Waals surface area contributed by atoms with Crippen molar-refractivity contribution in [2.24, 2.45) is 4.99 Å². The highest BCUT2D eigenvalue weighted by Gasteiger charge is 2.05. The Morgan fingerprint density at radius 3 is 2.18 bits per heavy atom. The van der Waals surface area contributed by atoms with Gasteiger partial charge in [0.15, 0.2) is 4.67 Å². The lowest BCUT2D eigenvalue weighted by molar-refractivity contribution is 0.533. The van der Waals surface area contributed by atoms with E-state index in [1.165, 1.54) is 11.4 Å². The molecule has 0 unspecified atom stereocenters. The first-order valence-electron chi connectivity index (χ1n) is 6.79. The van der Waals surface area contributed by atoms with E-state index in [-0.39, 0.29) is 0 Å². The second-order valence-corrected chi connectivity index (χ2v) is 6.57. The molecule has 112 valence electrons. The number of nitrogens with zero attached hydrogens (tertiary/aromatic N) is 2. The Morgan fingerprint density at radius 2 is 1.64 bits per heavy atom. The van der Waals surface area contributed by atoms with Crippen molar-refractivity contribution in [2.45, 2.75) is 13.8 Å². The van der Waals surface area contributed by atoms with E-state index in [4.69, 9.17) is 4.42 Å². The summed E-state index contributed by atoms with van der Waals surface area (Å²) in [6.45, 7) is 4.21. The average molecular weight is 422 g/mol. The first-order chi connectivity index (χ1) is 10.5. The highest BCUT2D eigenvalue weighted by atomic mass is 79.9. The predicted octanol–water partition coefficient (Wildman–Crippen LogP) is 5.96. The monoisotopic (exact) mass is 420 g/mol. The molecular weight excluding hydrogens is 408 g/mol. The molecule has 0 bridgehead atoms. The van der Waals surface area contributed by atoms with Crippen LogP contribution in [0.2, 0.25) is 0 Å². The maximum absolute atomic E-state index is 5.47. The third kappa shape index (κ3) is 3.10. The topological polar surface area (TPSA) is 30.4 Å². The van der Waals surface area contributed by atoms with Crippen LogP contribution in [0.15, 0.2) is 61.0 Å². The van der Waals surface area contributed by atoms with Gasteiger partial charge in [-0.05, 0) is 82.1 Å². The number of aryl methyl sites for hydroxylation is 2. The minimum atomic E-state index is 0.669. The Morgan fingerprint density at radius 1 is 1.00 bits per heavy atom. The maximum atomic E-state index is 5.47. The molecule has 0 radical (unpaired) electrons. The summed E-state index contributed by atoms with van der Waals surface area (Å²) in [5, 5.41) is 0. The molecule has 22 heavy (non-hydrogen) atoms. The lowest BCUT2D eigenvalue weighted by Crippen LogP contribution is -1.97. The van der Waals surface area contributed by atoms with E-state index in [0.717, 1.165) is 15.8 Å². The van der Waals surface area contributed by atoms with Gasteiger partial charge in [-0.15, -0.1) is 0 Å². The number of aliphatic imine (C=N–C) groups is 1. The first-order valence-corrected chi connectivity index (χ1v) is 8.37. The van der Waals surface area contributed by atoms with Crippen LogP contribution in [0.3, 0.4) is 0 Å². The average Bonchev–Trinajstić information content (AvgIpc) is 3.00. The largest absolute Gasteiger partial charge is 0.447 e. The Kier molecular flexibility index (Phi) is 4.36. The fourth-order valence-corrected chi connectivity index (χ4v) is 2.94. The molecule has 0 aliphatic rings. The van der Waals surface area contributed by atoms with Gasteiger partial charge in [-0.25, -0.2) is 0 Å². The van der Waals surface area contributed by atoms with E-state index in [2.05, 4.69) is 79.5 Å². The quantitative estimate of drug-likeness (QED) is 0.479. The van der Waals surface area contributed by atoms with Crippen LogP contribution in [0, 0.1) is 13.8 Å². The predicted molar refractivity (Wildman–Crippen MR) is 96.6 cm³/mol. The maximum Gasteiger partial charge on any atom is 0.184 e. The van der Waals surface area contributed by atoms with Gasteiger partial charge >= 0.3 is 0 Å². The Balaban J connectivity index is 1.83. The van der Waals surface area contributed by atoms with Gasteiger partial charge in [0.1, 0.15) is 5.76 Å². The van der Waals surface area contributed by atoms with E-state index in [1.807, 2.05) is 18.2 Å². The number of benzene rings is 1. The van der Waals surface area contributed by atoms with Crippen LogP contribution in [0.4, 0.5) is 5.69 Å². The Bertz CT molecular complexity index is 790. The van der Waals surface area contributed by atoms with Gasteiger partial charge < -0.3 is 8.98 Å². The number of furan rings is 1. The highest BCUT2D eigenvalue weighted by Crippen LogP contribution is 2.26. The molecule has 0 spiro atoms. The molecule has 0 saturated carbocycles. The standard InChI is InChI=1S/C17H14Br2N2O/c1-11-3-4-12(2)21(11)14-7-5-13(6-8-14)20-10-15-9-16(18)17(19)22-15/h3-10H,1-2H3. The smallest absolute Gasteiger partial charge is 0.184 e. The third-order valence-corrected chi connectivity index (χ3v) is 5.09. The van der Waals surface area contributed by atoms with Crippen LogP contribution < -0.4 is 0 Å². The van der Waals surface area contributed by atoms with Gasteiger partial charge in [-0.3, -0.25) is 4.99 Å². The molecule has 0 fully saturated rings. The minimum Gasteiger partial charge on any atom is -0.447 e. The lowest BCUT2D eigenvalue weighted by Gasteiger charge is -2.09. The van der Waals surface area contributed by atoms with Gasteiger partial charge in [0.05, 0.1) is 16.4 Å². The molecule has 3 aromatic rings. The molecular formula is C17H14Br2N2O. The van der Waals surface area contributed by atoms with Gasteiger partial charge in [-0.2, -0.15) is 0 Å².